The first-order valence-electron chi connectivity index (χ1n) is 6.57. The van der Waals surface area contributed by atoms with Crippen LogP contribution in [0.2, 0.25) is 0 Å². The van der Waals surface area contributed by atoms with Crippen LogP contribution in [0, 0.1) is 5.92 Å². The van der Waals surface area contributed by atoms with Crippen LogP contribution in [0.5, 0.6) is 5.88 Å². The number of nitrogens with one attached hydrogen (secondary N) is 1. The molecule has 94 valence electrons. The Morgan fingerprint density at radius 3 is 2.88 bits per heavy atom. The van der Waals surface area contributed by atoms with Crippen LogP contribution in [0.25, 0.3) is 0 Å². The summed E-state index contributed by atoms with van der Waals surface area (Å²) in [5.74, 6) is 2.23. The van der Waals surface area contributed by atoms with Crippen molar-refractivity contribution in [1.82, 2.24) is 9.97 Å². The lowest BCUT2D eigenvalue weighted by molar-refractivity contribution is 0.202. The normalized spacial score (nSPS) is 16.8. The molecule has 1 heterocycles. The van der Waals surface area contributed by atoms with Gasteiger partial charge in [-0.1, -0.05) is 19.3 Å². The average Bonchev–Trinajstić information content (AvgIpc) is 2.39. The van der Waals surface area contributed by atoms with Crippen molar-refractivity contribution in [2.24, 2.45) is 5.92 Å². The molecule has 0 bridgehead atoms. The topological polar surface area (TPSA) is 47.0 Å². The molecule has 0 aromatic carbocycles. The minimum Gasteiger partial charge on any atom is -0.477 e. The molecule has 0 amide bonds. The molecular weight excluding hydrogens is 214 g/mol. The summed E-state index contributed by atoms with van der Waals surface area (Å²) >= 11 is 0. The predicted molar refractivity (Wildman–Crippen MR) is 68.3 cm³/mol. The monoisotopic (exact) mass is 235 g/mol. The molecule has 0 atom stereocenters. The predicted octanol–water partition coefficient (Wildman–Crippen LogP) is 2.87. The minimum atomic E-state index is 0.682. The van der Waals surface area contributed by atoms with Gasteiger partial charge >= 0.3 is 0 Å². The third-order valence-corrected chi connectivity index (χ3v) is 3.19. The molecule has 1 aromatic rings. The molecule has 0 saturated heterocycles. The van der Waals surface area contributed by atoms with Crippen LogP contribution in [0.3, 0.4) is 0 Å². The highest BCUT2D eigenvalue weighted by Gasteiger charge is 2.14. The van der Waals surface area contributed by atoms with Gasteiger partial charge < -0.3 is 10.1 Å². The van der Waals surface area contributed by atoms with Crippen molar-refractivity contribution in [1.29, 1.82) is 0 Å². The lowest BCUT2D eigenvalue weighted by Crippen LogP contribution is -2.15. The first-order valence-corrected chi connectivity index (χ1v) is 6.57. The Morgan fingerprint density at radius 1 is 1.29 bits per heavy atom. The van der Waals surface area contributed by atoms with Crippen molar-refractivity contribution in [2.75, 3.05) is 18.5 Å². The lowest BCUT2D eigenvalue weighted by atomic mass is 9.90. The standard InChI is InChI=1S/C13H21N3O/c1-2-14-12-8-13(16-10-15-12)17-9-11-6-4-3-5-7-11/h8,10-11H,2-7,9H2,1H3,(H,14,15,16). The van der Waals surface area contributed by atoms with Crippen molar-refractivity contribution in [3.63, 3.8) is 0 Å². The summed E-state index contributed by atoms with van der Waals surface area (Å²) in [6.07, 6.45) is 8.22. The first kappa shape index (κ1) is 12.1. The second kappa shape index (κ2) is 6.42. The number of aromatic nitrogens is 2. The molecule has 1 saturated carbocycles. The third kappa shape index (κ3) is 3.88. The van der Waals surface area contributed by atoms with Crippen molar-refractivity contribution in [3.05, 3.63) is 12.4 Å². The van der Waals surface area contributed by atoms with E-state index in [1.807, 2.05) is 13.0 Å². The van der Waals surface area contributed by atoms with E-state index >= 15 is 0 Å². The Hall–Kier alpha value is -1.32. The van der Waals surface area contributed by atoms with Gasteiger partial charge in [0, 0.05) is 12.6 Å². The fraction of sp³-hybridized carbons (Fsp3) is 0.692. The minimum absolute atomic E-state index is 0.682. The van der Waals surface area contributed by atoms with Crippen LogP contribution >= 0.6 is 0 Å². The fourth-order valence-corrected chi connectivity index (χ4v) is 2.25. The molecule has 1 N–H and O–H groups in total. The average molecular weight is 235 g/mol. The summed E-state index contributed by atoms with van der Waals surface area (Å²) in [4.78, 5) is 8.25. The third-order valence-electron chi connectivity index (χ3n) is 3.19. The van der Waals surface area contributed by atoms with Crippen LogP contribution in [0.15, 0.2) is 12.4 Å². The van der Waals surface area contributed by atoms with Crippen LogP contribution in [-0.2, 0) is 0 Å². The van der Waals surface area contributed by atoms with Gasteiger partial charge in [-0.3, -0.25) is 0 Å². The van der Waals surface area contributed by atoms with E-state index in [1.165, 1.54) is 32.1 Å². The van der Waals surface area contributed by atoms with Gasteiger partial charge in [-0.15, -0.1) is 0 Å². The number of hydrogen-bond donors (Lipinski definition) is 1. The number of rotatable bonds is 5. The first-order chi connectivity index (χ1) is 8.38. The van der Waals surface area contributed by atoms with E-state index in [0.717, 1.165) is 19.0 Å². The Bertz CT molecular complexity index is 337. The van der Waals surface area contributed by atoms with Gasteiger partial charge in [0.1, 0.15) is 12.1 Å². The Kier molecular flexibility index (Phi) is 4.59. The van der Waals surface area contributed by atoms with Gasteiger partial charge in [-0.25, -0.2) is 9.97 Å². The maximum absolute atomic E-state index is 5.74. The summed E-state index contributed by atoms with van der Waals surface area (Å²) in [6, 6.07) is 1.87. The van der Waals surface area contributed by atoms with Gasteiger partial charge in [-0.2, -0.15) is 0 Å². The van der Waals surface area contributed by atoms with E-state index in [0.29, 0.717) is 11.8 Å². The van der Waals surface area contributed by atoms with Crippen molar-refractivity contribution in [2.45, 2.75) is 39.0 Å². The molecule has 1 aliphatic carbocycles. The number of nitrogens with zero attached hydrogens (tertiary/aromatic N) is 2. The van der Waals surface area contributed by atoms with E-state index in [4.69, 9.17) is 4.74 Å². The van der Waals surface area contributed by atoms with Crippen molar-refractivity contribution >= 4 is 5.82 Å². The quantitative estimate of drug-likeness (QED) is 0.852. The molecular formula is C13H21N3O. The van der Waals surface area contributed by atoms with E-state index in [1.54, 1.807) is 6.33 Å². The largest absolute Gasteiger partial charge is 0.477 e. The molecule has 4 heteroatoms. The number of anilines is 1. The zero-order valence-corrected chi connectivity index (χ0v) is 10.5. The van der Waals surface area contributed by atoms with Crippen LogP contribution in [-0.4, -0.2) is 23.1 Å². The van der Waals surface area contributed by atoms with Crippen molar-refractivity contribution in [3.8, 4) is 5.88 Å². The maximum Gasteiger partial charge on any atom is 0.218 e. The van der Waals surface area contributed by atoms with Gasteiger partial charge in [0.05, 0.1) is 6.61 Å². The van der Waals surface area contributed by atoms with Crippen molar-refractivity contribution < 1.29 is 4.74 Å². The van der Waals surface area contributed by atoms with Gasteiger partial charge in [0.25, 0.3) is 0 Å². The second-order valence-electron chi connectivity index (χ2n) is 4.59. The summed E-state index contributed by atoms with van der Waals surface area (Å²) in [6.45, 7) is 3.70. The Labute approximate surface area is 103 Å². The molecule has 1 aromatic heterocycles. The van der Waals surface area contributed by atoms with E-state index in [-0.39, 0.29) is 0 Å². The molecule has 0 radical (unpaired) electrons. The lowest BCUT2D eigenvalue weighted by Gasteiger charge is -2.21. The highest BCUT2D eigenvalue weighted by molar-refractivity contribution is 5.36. The summed E-state index contributed by atoms with van der Waals surface area (Å²) in [5, 5.41) is 3.15. The number of ether oxygens (including phenoxy) is 1. The zero-order chi connectivity index (χ0) is 11.9. The van der Waals surface area contributed by atoms with E-state index in [2.05, 4.69) is 15.3 Å². The maximum atomic E-state index is 5.74. The highest BCUT2D eigenvalue weighted by atomic mass is 16.5. The molecule has 0 unspecified atom stereocenters. The molecule has 0 aliphatic heterocycles. The zero-order valence-electron chi connectivity index (χ0n) is 10.5. The van der Waals surface area contributed by atoms with Crippen LogP contribution in [0.4, 0.5) is 5.82 Å². The van der Waals surface area contributed by atoms with Crippen LogP contribution in [0.1, 0.15) is 39.0 Å². The van der Waals surface area contributed by atoms with Gasteiger partial charge in [-0.05, 0) is 25.7 Å². The highest BCUT2D eigenvalue weighted by Crippen LogP contribution is 2.24. The molecule has 1 fully saturated rings. The summed E-state index contributed by atoms with van der Waals surface area (Å²) in [5.41, 5.74) is 0. The SMILES string of the molecule is CCNc1cc(OCC2CCCCC2)ncn1. The van der Waals surface area contributed by atoms with E-state index < -0.39 is 0 Å². The molecule has 0 spiro atoms. The molecule has 1 aliphatic rings. The summed E-state index contributed by atoms with van der Waals surface area (Å²) in [7, 11) is 0. The van der Waals surface area contributed by atoms with Gasteiger partial charge in [0.15, 0.2) is 0 Å². The molecule has 4 nitrogen and oxygen atoms in total. The molecule has 17 heavy (non-hydrogen) atoms. The Balaban J connectivity index is 1.83. The van der Waals surface area contributed by atoms with Gasteiger partial charge in [0.2, 0.25) is 5.88 Å². The molecule has 2 rings (SSSR count). The fourth-order valence-electron chi connectivity index (χ4n) is 2.25. The van der Waals surface area contributed by atoms with Crippen LogP contribution < -0.4 is 10.1 Å². The summed E-state index contributed by atoms with van der Waals surface area (Å²) < 4.78 is 5.74. The Morgan fingerprint density at radius 2 is 2.12 bits per heavy atom. The number of hydrogen-bond acceptors (Lipinski definition) is 4. The van der Waals surface area contributed by atoms with E-state index in [9.17, 15) is 0 Å². The smallest absolute Gasteiger partial charge is 0.218 e. The second-order valence-corrected chi connectivity index (χ2v) is 4.59.